The Labute approximate surface area is 133 Å². The van der Waals surface area contributed by atoms with Gasteiger partial charge in [-0.3, -0.25) is 9.59 Å². The highest BCUT2D eigenvalue weighted by Crippen LogP contribution is 2.27. The maximum atomic E-state index is 12.2. The summed E-state index contributed by atoms with van der Waals surface area (Å²) in [5.74, 6) is -0.468. The second kappa shape index (κ2) is 7.17. The van der Waals surface area contributed by atoms with Gasteiger partial charge in [-0.2, -0.15) is 0 Å². The van der Waals surface area contributed by atoms with Gasteiger partial charge in [0.05, 0.1) is 12.2 Å². The lowest BCUT2D eigenvalue weighted by molar-refractivity contribution is -0.120. The molecule has 0 spiro atoms. The quantitative estimate of drug-likeness (QED) is 0.889. The van der Waals surface area contributed by atoms with E-state index >= 15 is 0 Å². The fourth-order valence-electron chi connectivity index (χ4n) is 1.93. The summed E-state index contributed by atoms with van der Waals surface area (Å²) in [5, 5.41) is 6.16. The van der Waals surface area contributed by atoms with Gasteiger partial charge in [0.2, 0.25) is 5.91 Å². The van der Waals surface area contributed by atoms with Crippen molar-refractivity contribution in [2.75, 3.05) is 6.54 Å². The van der Waals surface area contributed by atoms with Gasteiger partial charge < -0.3 is 10.6 Å². The molecule has 0 radical (unpaired) electrons. The molecule has 0 atom stereocenters. The molecule has 2 N–H and O–H groups in total. The first kappa shape index (κ1) is 16.2. The highest BCUT2D eigenvalue weighted by atomic mass is 32.1. The first-order valence-electron chi connectivity index (χ1n) is 7.07. The van der Waals surface area contributed by atoms with Crippen LogP contribution in [0.15, 0.2) is 30.3 Å². The van der Waals surface area contributed by atoms with E-state index in [0.29, 0.717) is 10.6 Å². The van der Waals surface area contributed by atoms with E-state index in [1.807, 2.05) is 44.2 Å². The van der Waals surface area contributed by atoms with Crippen molar-refractivity contribution in [3.63, 3.8) is 0 Å². The van der Waals surface area contributed by atoms with Crippen LogP contribution in [-0.4, -0.2) is 29.4 Å². The number of rotatable bonds is 5. The molecule has 0 aliphatic carbocycles. The van der Waals surface area contributed by atoms with Gasteiger partial charge in [-0.05, 0) is 20.8 Å². The smallest absolute Gasteiger partial charge is 0.263 e. The summed E-state index contributed by atoms with van der Waals surface area (Å²) in [5.41, 5.74) is 1.65. The zero-order valence-corrected chi connectivity index (χ0v) is 13.7. The van der Waals surface area contributed by atoms with Gasteiger partial charge >= 0.3 is 0 Å². The van der Waals surface area contributed by atoms with Crippen molar-refractivity contribution in [3.05, 3.63) is 40.9 Å². The summed E-state index contributed by atoms with van der Waals surface area (Å²) < 4.78 is 0. The van der Waals surface area contributed by atoms with E-state index in [2.05, 4.69) is 15.6 Å². The number of hydrogen-bond acceptors (Lipinski definition) is 4. The third-order valence-electron chi connectivity index (χ3n) is 2.88. The molecule has 0 fully saturated rings. The SMILES string of the molecule is Cc1nc(-c2ccccc2)sc1C(=O)NCC(=O)NC(C)C. The molecule has 2 rings (SSSR count). The van der Waals surface area contributed by atoms with Crippen LogP contribution >= 0.6 is 11.3 Å². The van der Waals surface area contributed by atoms with E-state index < -0.39 is 0 Å². The lowest BCUT2D eigenvalue weighted by atomic mass is 10.2. The Balaban J connectivity index is 2.05. The minimum Gasteiger partial charge on any atom is -0.352 e. The largest absolute Gasteiger partial charge is 0.352 e. The van der Waals surface area contributed by atoms with Gasteiger partial charge in [0.25, 0.3) is 5.91 Å². The monoisotopic (exact) mass is 317 g/mol. The highest BCUT2D eigenvalue weighted by molar-refractivity contribution is 7.17. The maximum Gasteiger partial charge on any atom is 0.263 e. The third kappa shape index (κ3) is 4.14. The van der Waals surface area contributed by atoms with E-state index in [1.165, 1.54) is 11.3 Å². The average Bonchev–Trinajstić information content (AvgIpc) is 2.87. The summed E-state index contributed by atoms with van der Waals surface area (Å²) in [6.45, 7) is 5.51. The minimum absolute atomic E-state index is 0.0327. The number of amides is 2. The van der Waals surface area contributed by atoms with Crippen molar-refractivity contribution in [1.29, 1.82) is 0 Å². The minimum atomic E-state index is -0.268. The fraction of sp³-hybridized carbons (Fsp3) is 0.312. The van der Waals surface area contributed by atoms with E-state index in [-0.39, 0.29) is 24.4 Å². The molecule has 2 aromatic rings. The first-order valence-corrected chi connectivity index (χ1v) is 7.89. The number of aryl methyl sites for hydroxylation is 1. The predicted octanol–water partition coefficient (Wildman–Crippen LogP) is 2.37. The van der Waals surface area contributed by atoms with Gasteiger partial charge in [0.15, 0.2) is 0 Å². The summed E-state index contributed by atoms with van der Waals surface area (Å²) in [4.78, 5) is 28.7. The Morgan fingerprint density at radius 1 is 1.23 bits per heavy atom. The molecule has 0 saturated heterocycles. The first-order chi connectivity index (χ1) is 10.5. The van der Waals surface area contributed by atoms with Crippen molar-refractivity contribution in [2.24, 2.45) is 0 Å². The predicted molar refractivity (Wildman–Crippen MR) is 87.9 cm³/mol. The van der Waals surface area contributed by atoms with Crippen molar-refractivity contribution >= 4 is 23.2 Å². The Morgan fingerprint density at radius 3 is 2.55 bits per heavy atom. The standard InChI is InChI=1S/C16H19N3O2S/c1-10(2)18-13(20)9-17-15(21)14-11(3)19-16(22-14)12-7-5-4-6-8-12/h4-8,10H,9H2,1-3H3,(H,17,21)(H,18,20). The van der Waals surface area contributed by atoms with Gasteiger partial charge in [0.1, 0.15) is 9.88 Å². The molecule has 0 aliphatic heterocycles. The second-order valence-electron chi connectivity index (χ2n) is 5.20. The van der Waals surface area contributed by atoms with Crippen LogP contribution in [0.3, 0.4) is 0 Å². The normalized spacial score (nSPS) is 10.5. The molecule has 116 valence electrons. The van der Waals surface area contributed by atoms with Crippen molar-refractivity contribution in [1.82, 2.24) is 15.6 Å². The van der Waals surface area contributed by atoms with Gasteiger partial charge in [-0.15, -0.1) is 11.3 Å². The van der Waals surface area contributed by atoms with Crippen LogP contribution in [0.5, 0.6) is 0 Å². The molecule has 1 heterocycles. The zero-order chi connectivity index (χ0) is 16.1. The summed E-state index contributed by atoms with van der Waals surface area (Å²) >= 11 is 1.33. The van der Waals surface area contributed by atoms with Crippen LogP contribution in [-0.2, 0) is 4.79 Å². The van der Waals surface area contributed by atoms with Gasteiger partial charge in [0, 0.05) is 11.6 Å². The second-order valence-corrected chi connectivity index (χ2v) is 6.20. The molecule has 22 heavy (non-hydrogen) atoms. The number of thiazole rings is 1. The summed E-state index contributed by atoms with van der Waals surface area (Å²) in [6.07, 6.45) is 0. The summed E-state index contributed by atoms with van der Waals surface area (Å²) in [6, 6.07) is 9.76. The Kier molecular flexibility index (Phi) is 5.27. The number of carbonyl (C=O) groups excluding carboxylic acids is 2. The van der Waals surface area contributed by atoms with E-state index in [9.17, 15) is 9.59 Å². The molecule has 2 amide bonds. The van der Waals surface area contributed by atoms with Crippen molar-refractivity contribution < 1.29 is 9.59 Å². The number of hydrogen-bond donors (Lipinski definition) is 2. The fourth-order valence-corrected chi connectivity index (χ4v) is 2.91. The number of carbonyl (C=O) groups is 2. The molecule has 0 aliphatic rings. The van der Waals surface area contributed by atoms with Gasteiger partial charge in [-0.1, -0.05) is 30.3 Å². The molecular weight excluding hydrogens is 298 g/mol. The van der Waals surface area contributed by atoms with Crippen LogP contribution < -0.4 is 10.6 Å². The average molecular weight is 317 g/mol. The number of aromatic nitrogens is 1. The number of nitrogens with one attached hydrogen (secondary N) is 2. The molecule has 1 aromatic carbocycles. The third-order valence-corrected chi connectivity index (χ3v) is 4.09. The molecule has 1 aromatic heterocycles. The molecule has 6 heteroatoms. The lowest BCUT2D eigenvalue weighted by Crippen LogP contribution is -2.39. The van der Waals surface area contributed by atoms with Gasteiger partial charge in [-0.25, -0.2) is 4.98 Å². The molecule has 0 unspecified atom stereocenters. The lowest BCUT2D eigenvalue weighted by Gasteiger charge is -2.08. The summed E-state index contributed by atoms with van der Waals surface area (Å²) in [7, 11) is 0. The molecule has 0 saturated carbocycles. The van der Waals surface area contributed by atoms with Crippen LogP contribution in [0.1, 0.15) is 29.2 Å². The maximum absolute atomic E-state index is 12.2. The van der Waals surface area contributed by atoms with Crippen molar-refractivity contribution in [2.45, 2.75) is 26.8 Å². The zero-order valence-electron chi connectivity index (χ0n) is 12.8. The van der Waals surface area contributed by atoms with E-state index in [0.717, 1.165) is 10.6 Å². The Morgan fingerprint density at radius 2 is 1.91 bits per heavy atom. The van der Waals surface area contributed by atoms with Crippen LogP contribution in [0.25, 0.3) is 10.6 Å². The topological polar surface area (TPSA) is 71.1 Å². The molecular formula is C16H19N3O2S. The van der Waals surface area contributed by atoms with Crippen molar-refractivity contribution in [3.8, 4) is 10.6 Å². The van der Waals surface area contributed by atoms with Crippen LogP contribution in [0.4, 0.5) is 0 Å². The highest BCUT2D eigenvalue weighted by Gasteiger charge is 2.16. The number of nitrogens with zero attached hydrogens (tertiary/aromatic N) is 1. The molecule has 0 bridgehead atoms. The molecule has 5 nitrogen and oxygen atoms in total. The van der Waals surface area contributed by atoms with Crippen LogP contribution in [0, 0.1) is 6.92 Å². The van der Waals surface area contributed by atoms with E-state index in [1.54, 1.807) is 6.92 Å². The van der Waals surface area contributed by atoms with E-state index in [4.69, 9.17) is 0 Å². The van der Waals surface area contributed by atoms with Crippen LogP contribution in [0.2, 0.25) is 0 Å². The Bertz CT molecular complexity index is 665. The Hall–Kier alpha value is -2.21. The number of benzene rings is 1.